The van der Waals surface area contributed by atoms with Gasteiger partial charge in [0, 0.05) is 60.7 Å². The SMILES string of the molecule is CN1CCN(c2ccc(NC(=O)c3cc4cc(NC(=O)CCl)ccc4n3Cc3ccc(C(F)(F)F)cc3)cc2)CC1. The molecule has 0 aliphatic carbocycles. The first-order chi connectivity index (χ1) is 19.6. The second-order valence-corrected chi connectivity index (χ2v) is 10.3. The van der Waals surface area contributed by atoms with Crippen LogP contribution in [0.25, 0.3) is 10.9 Å². The number of likely N-dealkylation sites (N-methyl/N-ethyl adjacent to an activating group) is 1. The average molecular weight is 584 g/mol. The van der Waals surface area contributed by atoms with Gasteiger partial charge >= 0.3 is 6.18 Å². The zero-order valence-electron chi connectivity index (χ0n) is 22.3. The second kappa shape index (κ2) is 11.8. The van der Waals surface area contributed by atoms with E-state index in [1.807, 2.05) is 24.3 Å². The van der Waals surface area contributed by atoms with Gasteiger partial charge in [0.1, 0.15) is 11.6 Å². The summed E-state index contributed by atoms with van der Waals surface area (Å²) in [6, 6.07) is 19.4. The number of nitrogens with one attached hydrogen (secondary N) is 2. The van der Waals surface area contributed by atoms with Crippen LogP contribution in [0.4, 0.5) is 30.2 Å². The zero-order chi connectivity index (χ0) is 29.1. The summed E-state index contributed by atoms with van der Waals surface area (Å²) in [4.78, 5) is 29.9. The van der Waals surface area contributed by atoms with Gasteiger partial charge in [-0.2, -0.15) is 13.2 Å². The Hall–Kier alpha value is -4.02. The minimum atomic E-state index is -4.44. The van der Waals surface area contributed by atoms with Crippen molar-refractivity contribution in [3.8, 4) is 0 Å². The molecule has 41 heavy (non-hydrogen) atoms. The summed E-state index contributed by atoms with van der Waals surface area (Å²) >= 11 is 5.61. The van der Waals surface area contributed by atoms with Gasteiger partial charge in [-0.3, -0.25) is 9.59 Å². The molecule has 0 saturated carbocycles. The molecule has 7 nitrogen and oxygen atoms in total. The Kier molecular flexibility index (Phi) is 8.23. The predicted molar refractivity (Wildman–Crippen MR) is 156 cm³/mol. The first-order valence-corrected chi connectivity index (χ1v) is 13.6. The summed E-state index contributed by atoms with van der Waals surface area (Å²) in [5.41, 5.74) is 3.08. The number of carbonyl (C=O) groups is 2. The highest BCUT2D eigenvalue weighted by Crippen LogP contribution is 2.30. The molecule has 0 atom stereocenters. The third kappa shape index (κ3) is 6.66. The van der Waals surface area contributed by atoms with E-state index in [1.54, 1.807) is 28.8 Å². The third-order valence-corrected chi connectivity index (χ3v) is 7.40. The van der Waals surface area contributed by atoms with Crippen molar-refractivity contribution >= 4 is 51.4 Å². The van der Waals surface area contributed by atoms with Gasteiger partial charge in [0.25, 0.3) is 5.91 Å². The van der Waals surface area contributed by atoms with Gasteiger partial charge in [-0.1, -0.05) is 12.1 Å². The number of aromatic nitrogens is 1. The molecule has 2 heterocycles. The largest absolute Gasteiger partial charge is 0.416 e. The maximum atomic E-state index is 13.5. The van der Waals surface area contributed by atoms with Crippen LogP contribution in [0.15, 0.2) is 72.8 Å². The van der Waals surface area contributed by atoms with Crippen molar-refractivity contribution in [3.05, 3.63) is 89.6 Å². The zero-order valence-corrected chi connectivity index (χ0v) is 23.1. The van der Waals surface area contributed by atoms with Crippen LogP contribution in [0.5, 0.6) is 0 Å². The number of halogens is 4. The van der Waals surface area contributed by atoms with Crippen LogP contribution in [-0.4, -0.2) is 60.4 Å². The number of alkyl halides is 4. The lowest BCUT2D eigenvalue weighted by Crippen LogP contribution is -2.44. The highest BCUT2D eigenvalue weighted by Gasteiger charge is 2.30. The van der Waals surface area contributed by atoms with Crippen molar-refractivity contribution in [2.45, 2.75) is 12.7 Å². The van der Waals surface area contributed by atoms with Crippen LogP contribution < -0.4 is 15.5 Å². The fraction of sp³-hybridized carbons (Fsp3) is 0.267. The summed E-state index contributed by atoms with van der Waals surface area (Å²) in [5, 5.41) is 6.32. The minimum Gasteiger partial charge on any atom is -0.369 e. The molecule has 2 amide bonds. The van der Waals surface area contributed by atoms with E-state index < -0.39 is 11.7 Å². The number of hydrogen-bond donors (Lipinski definition) is 2. The second-order valence-electron chi connectivity index (χ2n) is 10.1. The van der Waals surface area contributed by atoms with Gasteiger partial charge in [-0.05, 0) is 73.3 Å². The molecular weight excluding hydrogens is 555 g/mol. The van der Waals surface area contributed by atoms with Crippen molar-refractivity contribution < 1.29 is 22.8 Å². The first-order valence-electron chi connectivity index (χ1n) is 13.1. The molecular formula is C30H29ClF3N5O2. The van der Waals surface area contributed by atoms with E-state index in [9.17, 15) is 22.8 Å². The Bertz CT molecular complexity index is 1540. The van der Waals surface area contributed by atoms with E-state index in [-0.39, 0.29) is 24.2 Å². The van der Waals surface area contributed by atoms with Crippen LogP contribution in [0, 0.1) is 0 Å². The Morgan fingerprint density at radius 1 is 0.854 bits per heavy atom. The molecule has 0 bridgehead atoms. The monoisotopic (exact) mass is 583 g/mol. The van der Waals surface area contributed by atoms with E-state index in [0.717, 1.165) is 44.0 Å². The molecule has 214 valence electrons. The van der Waals surface area contributed by atoms with Crippen LogP contribution in [0.2, 0.25) is 0 Å². The molecule has 4 aromatic rings. The van der Waals surface area contributed by atoms with Gasteiger partial charge < -0.3 is 25.0 Å². The van der Waals surface area contributed by atoms with E-state index in [1.165, 1.54) is 12.1 Å². The normalized spacial score (nSPS) is 14.3. The van der Waals surface area contributed by atoms with E-state index >= 15 is 0 Å². The number of hydrogen-bond acceptors (Lipinski definition) is 4. The molecule has 1 aliphatic heterocycles. The van der Waals surface area contributed by atoms with Crippen LogP contribution in [0.1, 0.15) is 21.6 Å². The molecule has 1 saturated heterocycles. The Labute approximate surface area is 240 Å². The maximum absolute atomic E-state index is 13.5. The van der Waals surface area contributed by atoms with Crippen molar-refractivity contribution in [2.24, 2.45) is 0 Å². The van der Waals surface area contributed by atoms with Gasteiger partial charge in [-0.25, -0.2) is 0 Å². The van der Waals surface area contributed by atoms with E-state index in [4.69, 9.17) is 11.6 Å². The topological polar surface area (TPSA) is 69.6 Å². The summed E-state index contributed by atoms with van der Waals surface area (Å²) in [6.45, 7) is 4.00. The Balaban J connectivity index is 1.42. The van der Waals surface area contributed by atoms with Crippen molar-refractivity contribution in [3.63, 3.8) is 0 Å². The summed E-state index contributed by atoms with van der Waals surface area (Å²) in [7, 11) is 2.10. The fourth-order valence-corrected chi connectivity index (χ4v) is 4.97. The van der Waals surface area contributed by atoms with Gasteiger partial charge in [0.2, 0.25) is 5.91 Å². The number of carbonyl (C=O) groups excluding carboxylic acids is 2. The highest BCUT2D eigenvalue weighted by atomic mass is 35.5. The Morgan fingerprint density at radius 2 is 1.51 bits per heavy atom. The number of nitrogens with zero attached hydrogens (tertiary/aromatic N) is 3. The number of rotatable bonds is 7. The average Bonchev–Trinajstić information content (AvgIpc) is 3.31. The molecule has 11 heteroatoms. The van der Waals surface area contributed by atoms with Crippen LogP contribution >= 0.6 is 11.6 Å². The number of benzene rings is 3. The molecule has 2 N–H and O–H groups in total. The van der Waals surface area contributed by atoms with E-state index in [0.29, 0.717) is 33.5 Å². The maximum Gasteiger partial charge on any atom is 0.416 e. The predicted octanol–water partition coefficient (Wildman–Crippen LogP) is 5.89. The molecule has 0 spiro atoms. The van der Waals surface area contributed by atoms with Crippen molar-refractivity contribution in [1.29, 1.82) is 0 Å². The standard InChI is InChI=1S/C30H29ClF3N5O2/c1-37-12-14-38(15-13-37)25-9-6-23(7-10-25)36-29(41)27-17-21-16-24(35-28(40)18-31)8-11-26(21)39(27)19-20-2-4-22(5-3-20)30(32,33)34/h2-11,16-17H,12-15,18-19H2,1H3,(H,35,40)(H,36,41). The molecule has 1 fully saturated rings. The van der Waals surface area contributed by atoms with Crippen molar-refractivity contribution in [2.75, 3.05) is 54.6 Å². The first kappa shape index (κ1) is 28.5. The number of anilines is 3. The van der Waals surface area contributed by atoms with Gasteiger partial charge in [0.05, 0.1) is 5.56 Å². The summed E-state index contributed by atoms with van der Waals surface area (Å²) < 4.78 is 41.0. The molecule has 1 aliphatic rings. The number of amides is 2. The lowest BCUT2D eigenvalue weighted by molar-refractivity contribution is -0.137. The number of piperazine rings is 1. The fourth-order valence-electron chi connectivity index (χ4n) is 4.90. The number of fused-ring (bicyclic) bond motifs is 1. The molecule has 3 aromatic carbocycles. The Morgan fingerprint density at radius 3 is 2.15 bits per heavy atom. The molecule has 1 aromatic heterocycles. The van der Waals surface area contributed by atoms with Gasteiger partial charge in [-0.15, -0.1) is 11.6 Å². The van der Waals surface area contributed by atoms with Crippen molar-refractivity contribution in [1.82, 2.24) is 9.47 Å². The van der Waals surface area contributed by atoms with Gasteiger partial charge in [0.15, 0.2) is 0 Å². The minimum absolute atomic E-state index is 0.167. The van der Waals surface area contributed by atoms with Crippen LogP contribution in [0.3, 0.4) is 0 Å². The quantitative estimate of drug-likeness (QED) is 0.266. The molecule has 0 radical (unpaired) electrons. The lowest BCUT2D eigenvalue weighted by Gasteiger charge is -2.34. The lowest BCUT2D eigenvalue weighted by atomic mass is 10.1. The molecule has 0 unspecified atom stereocenters. The third-order valence-electron chi connectivity index (χ3n) is 7.15. The van der Waals surface area contributed by atoms with Crippen LogP contribution in [-0.2, 0) is 17.5 Å². The van der Waals surface area contributed by atoms with E-state index in [2.05, 4.69) is 27.5 Å². The molecule has 5 rings (SSSR count). The summed E-state index contributed by atoms with van der Waals surface area (Å²) in [6.07, 6.45) is -4.44. The summed E-state index contributed by atoms with van der Waals surface area (Å²) in [5.74, 6) is -0.936. The smallest absolute Gasteiger partial charge is 0.369 e. The highest BCUT2D eigenvalue weighted by molar-refractivity contribution is 6.29.